The molecule has 26 heavy (non-hydrogen) atoms. The zero-order chi connectivity index (χ0) is 19.2. The largest absolute Gasteiger partial charge is 0.465 e. The molecule has 2 aromatic rings. The summed E-state index contributed by atoms with van der Waals surface area (Å²) >= 11 is 0. The summed E-state index contributed by atoms with van der Waals surface area (Å²) in [7, 11) is -2.51. The van der Waals surface area contributed by atoms with Crippen LogP contribution >= 0.6 is 0 Å². The second kappa shape index (κ2) is 8.43. The number of anilines is 1. The second-order valence-electron chi connectivity index (χ2n) is 5.41. The molecule has 0 fully saturated rings. The average molecular weight is 377 g/mol. The SMILES string of the molecule is COC(=O)c1cccc(N(CC(=O)NCc2ccccn2)S(C)(=O)=O)c1. The van der Waals surface area contributed by atoms with Crippen molar-refractivity contribution in [2.24, 2.45) is 0 Å². The van der Waals surface area contributed by atoms with Crippen LogP contribution < -0.4 is 9.62 Å². The number of amides is 1. The molecule has 0 aliphatic rings. The molecule has 0 radical (unpaired) electrons. The molecular weight excluding hydrogens is 358 g/mol. The quantitative estimate of drug-likeness (QED) is 0.720. The number of nitrogens with one attached hydrogen (secondary N) is 1. The van der Waals surface area contributed by atoms with Crippen molar-refractivity contribution in [2.45, 2.75) is 6.54 Å². The maximum atomic E-state index is 12.2. The molecule has 0 bridgehead atoms. The van der Waals surface area contributed by atoms with Gasteiger partial charge in [0.1, 0.15) is 6.54 Å². The van der Waals surface area contributed by atoms with Crippen molar-refractivity contribution in [3.05, 3.63) is 59.9 Å². The van der Waals surface area contributed by atoms with Gasteiger partial charge in [0.15, 0.2) is 0 Å². The maximum Gasteiger partial charge on any atom is 0.337 e. The summed E-state index contributed by atoms with van der Waals surface area (Å²) in [6, 6.07) is 11.2. The van der Waals surface area contributed by atoms with Crippen LogP contribution in [0.1, 0.15) is 16.1 Å². The summed E-state index contributed by atoms with van der Waals surface area (Å²) in [6.07, 6.45) is 2.59. The third-order valence-corrected chi connectivity index (χ3v) is 4.58. The molecule has 0 aliphatic heterocycles. The van der Waals surface area contributed by atoms with Crippen LogP contribution in [0.15, 0.2) is 48.7 Å². The zero-order valence-electron chi connectivity index (χ0n) is 14.4. The highest BCUT2D eigenvalue weighted by Crippen LogP contribution is 2.19. The van der Waals surface area contributed by atoms with Gasteiger partial charge in [0, 0.05) is 6.20 Å². The van der Waals surface area contributed by atoms with Crippen LogP contribution in [-0.4, -0.2) is 45.2 Å². The van der Waals surface area contributed by atoms with Crippen LogP contribution in [0.3, 0.4) is 0 Å². The Bertz CT molecular complexity index is 884. The first-order valence-corrected chi connectivity index (χ1v) is 9.49. The van der Waals surface area contributed by atoms with Crippen molar-refractivity contribution >= 4 is 27.6 Å². The Morgan fingerprint density at radius 2 is 1.96 bits per heavy atom. The van der Waals surface area contributed by atoms with E-state index in [2.05, 4.69) is 15.0 Å². The van der Waals surface area contributed by atoms with Gasteiger partial charge >= 0.3 is 5.97 Å². The average Bonchev–Trinajstić information content (AvgIpc) is 2.63. The molecule has 0 atom stereocenters. The Kier molecular flexibility index (Phi) is 6.29. The van der Waals surface area contributed by atoms with E-state index < -0.39 is 28.4 Å². The molecule has 1 aromatic heterocycles. The Labute approximate surface area is 151 Å². The fraction of sp³-hybridized carbons (Fsp3) is 0.235. The number of methoxy groups -OCH3 is 1. The summed E-state index contributed by atoms with van der Waals surface area (Å²) in [5.41, 5.74) is 1.04. The van der Waals surface area contributed by atoms with Crippen molar-refractivity contribution in [1.82, 2.24) is 10.3 Å². The first kappa shape index (κ1) is 19.4. The van der Waals surface area contributed by atoms with Gasteiger partial charge in [-0.2, -0.15) is 0 Å². The van der Waals surface area contributed by atoms with Crippen LogP contribution in [0.2, 0.25) is 0 Å². The fourth-order valence-electron chi connectivity index (χ4n) is 2.18. The molecule has 0 spiro atoms. The standard InChI is InChI=1S/C17H19N3O5S/c1-25-17(22)13-6-5-8-15(10-13)20(26(2,23)24)12-16(21)19-11-14-7-3-4-9-18-14/h3-10H,11-12H2,1-2H3,(H,19,21). The van der Waals surface area contributed by atoms with Gasteiger partial charge in [-0.15, -0.1) is 0 Å². The summed E-state index contributed by atoms with van der Waals surface area (Å²) < 4.78 is 29.8. The molecule has 0 unspecified atom stereocenters. The number of hydrogen-bond donors (Lipinski definition) is 1. The number of benzene rings is 1. The minimum Gasteiger partial charge on any atom is -0.465 e. The lowest BCUT2D eigenvalue weighted by atomic mass is 10.2. The third-order valence-electron chi connectivity index (χ3n) is 3.44. The number of rotatable bonds is 7. The molecule has 1 heterocycles. The molecular formula is C17H19N3O5S. The Balaban J connectivity index is 2.15. The van der Waals surface area contributed by atoms with E-state index in [0.29, 0.717) is 5.69 Å². The molecule has 0 aliphatic carbocycles. The molecule has 0 saturated heterocycles. The van der Waals surface area contributed by atoms with Gasteiger partial charge in [-0.05, 0) is 30.3 Å². The van der Waals surface area contributed by atoms with Crippen LogP contribution in [0, 0.1) is 0 Å². The summed E-state index contributed by atoms with van der Waals surface area (Å²) in [6.45, 7) is -0.240. The molecule has 138 valence electrons. The number of carbonyl (C=O) groups is 2. The van der Waals surface area contributed by atoms with Gasteiger partial charge < -0.3 is 10.1 Å². The van der Waals surface area contributed by atoms with E-state index in [4.69, 9.17) is 0 Å². The normalized spacial score (nSPS) is 10.8. The van der Waals surface area contributed by atoms with E-state index >= 15 is 0 Å². The minimum atomic E-state index is -3.74. The van der Waals surface area contributed by atoms with Gasteiger partial charge in [-0.3, -0.25) is 14.1 Å². The van der Waals surface area contributed by atoms with E-state index in [9.17, 15) is 18.0 Å². The molecule has 1 amide bonds. The number of nitrogens with zero attached hydrogens (tertiary/aromatic N) is 2. The van der Waals surface area contributed by atoms with E-state index in [1.807, 2.05) is 0 Å². The highest BCUT2D eigenvalue weighted by molar-refractivity contribution is 7.92. The van der Waals surface area contributed by atoms with Crippen LogP contribution in [-0.2, 0) is 26.1 Å². The fourth-order valence-corrected chi connectivity index (χ4v) is 3.03. The van der Waals surface area contributed by atoms with Crippen molar-refractivity contribution in [2.75, 3.05) is 24.2 Å². The highest BCUT2D eigenvalue weighted by Gasteiger charge is 2.22. The number of hydrogen-bond acceptors (Lipinski definition) is 6. The topological polar surface area (TPSA) is 106 Å². The van der Waals surface area contributed by atoms with Crippen molar-refractivity contribution in [1.29, 1.82) is 0 Å². The van der Waals surface area contributed by atoms with E-state index in [1.54, 1.807) is 24.4 Å². The molecule has 8 nitrogen and oxygen atoms in total. The number of aromatic nitrogens is 1. The van der Waals surface area contributed by atoms with E-state index in [1.165, 1.54) is 31.4 Å². The predicted octanol–water partition coefficient (Wildman–Crippen LogP) is 0.951. The van der Waals surface area contributed by atoms with E-state index in [0.717, 1.165) is 10.6 Å². The predicted molar refractivity (Wildman–Crippen MR) is 96.1 cm³/mol. The van der Waals surface area contributed by atoms with Crippen LogP contribution in [0.4, 0.5) is 5.69 Å². The monoisotopic (exact) mass is 377 g/mol. The zero-order valence-corrected chi connectivity index (χ0v) is 15.2. The second-order valence-corrected chi connectivity index (χ2v) is 7.32. The van der Waals surface area contributed by atoms with Crippen LogP contribution in [0.5, 0.6) is 0 Å². The molecule has 2 rings (SSSR count). The number of sulfonamides is 1. The lowest BCUT2D eigenvalue weighted by molar-refractivity contribution is -0.119. The maximum absolute atomic E-state index is 12.2. The molecule has 0 saturated carbocycles. The smallest absolute Gasteiger partial charge is 0.337 e. The van der Waals surface area contributed by atoms with Crippen LogP contribution in [0.25, 0.3) is 0 Å². The number of pyridine rings is 1. The van der Waals surface area contributed by atoms with Crippen molar-refractivity contribution in [3.63, 3.8) is 0 Å². The lowest BCUT2D eigenvalue weighted by Gasteiger charge is -2.22. The van der Waals surface area contributed by atoms with Gasteiger partial charge in [0.2, 0.25) is 15.9 Å². The van der Waals surface area contributed by atoms with Crippen molar-refractivity contribution < 1.29 is 22.7 Å². The number of esters is 1. The lowest BCUT2D eigenvalue weighted by Crippen LogP contribution is -2.40. The first-order valence-electron chi connectivity index (χ1n) is 7.64. The van der Waals surface area contributed by atoms with Gasteiger partial charge in [-0.25, -0.2) is 13.2 Å². The third kappa shape index (κ3) is 5.28. The Morgan fingerprint density at radius 1 is 1.19 bits per heavy atom. The summed E-state index contributed by atoms with van der Waals surface area (Å²) in [4.78, 5) is 27.9. The van der Waals surface area contributed by atoms with E-state index in [-0.39, 0.29) is 17.8 Å². The Hall–Kier alpha value is -2.94. The number of carbonyl (C=O) groups excluding carboxylic acids is 2. The van der Waals surface area contributed by atoms with Gasteiger partial charge in [-0.1, -0.05) is 12.1 Å². The summed E-state index contributed by atoms with van der Waals surface area (Å²) in [5, 5.41) is 2.62. The number of ether oxygens (including phenoxy) is 1. The highest BCUT2D eigenvalue weighted by atomic mass is 32.2. The van der Waals surface area contributed by atoms with Gasteiger partial charge in [0.25, 0.3) is 0 Å². The molecule has 1 aromatic carbocycles. The Morgan fingerprint density at radius 3 is 2.58 bits per heavy atom. The molecule has 1 N–H and O–H groups in total. The van der Waals surface area contributed by atoms with Crippen molar-refractivity contribution in [3.8, 4) is 0 Å². The minimum absolute atomic E-state index is 0.180. The van der Waals surface area contributed by atoms with Gasteiger partial charge in [0.05, 0.1) is 36.9 Å². The summed E-state index contributed by atoms with van der Waals surface area (Å²) in [5.74, 6) is -1.09. The first-order chi connectivity index (χ1) is 12.3. The molecule has 9 heteroatoms.